The van der Waals surface area contributed by atoms with Crippen LogP contribution in [0.25, 0.3) is 0 Å². The molecule has 0 aliphatic heterocycles. The van der Waals surface area contributed by atoms with Crippen LogP contribution in [0.3, 0.4) is 0 Å². The Morgan fingerprint density at radius 2 is 2.10 bits per heavy atom. The lowest BCUT2D eigenvalue weighted by molar-refractivity contribution is 0.0845. The second kappa shape index (κ2) is 5.34. The predicted octanol–water partition coefficient (Wildman–Crippen LogP) is 0.938. The molecule has 0 saturated carbocycles. The van der Waals surface area contributed by atoms with Gasteiger partial charge in [-0.3, -0.25) is 9.89 Å². The molecule has 1 unspecified atom stereocenters. The molecule has 0 bridgehead atoms. The number of aryl methyl sites for hydroxylation is 1. The largest absolute Gasteiger partial charge is 0.395 e. The Kier molecular flexibility index (Phi) is 3.76. The molecule has 0 aliphatic rings. The lowest BCUT2D eigenvalue weighted by atomic mass is 9.92. The number of carbonyl (C=O) groups is 1. The molecule has 0 radical (unpaired) electrons. The van der Waals surface area contributed by atoms with Gasteiger partial charge in [-0.05, 0) is 19.4 Å². The predicted molar refractivity (Wildman–Crippen MR) is 76.1 cm³/mol. The highest BCUT2D eigenvalue weighted by molar-refractivity contribution is 5.98. The highest BCUT2D eigenvalue weighted by Crippen LogP contribution is 2.21. The molecule has 6 nitrogen and oxygen atoms in total. The van der Waals surface area contributed by atoms with Gasteiger partial charge in [0.15, 0.2) is 5.69 Å². The van der Waals surface area contributed by atoms with Crippen LogP contribution in [0.2, 0.25) is 0 Å². The molecule has 1 aromatic carbocycles. The summed E-state index contributed by atoms with van der Waals surface area (Å²) in [6.07, 6.45) is 0. The summed E-state index contributed by atoms with van der Waals surface area (Å²) < 4.78 is 0. The van der Waals surface area contributed by atoms with Crippen LogP contribution >= 0.6 is 0 Å². The SMILES string of the molecule is Cc1[nH]nc(C(=O)NC(C)(CO)c2ccccc2)c1N. The number of nitrogen functional groups attached to an aromatic ring is 1. The van der Waals surface area contributed by atoms with E-state index in [0.29, 0.717) is 11.4 Å². The number of nitrogens with zero attached hydrogens (tertiary/aromatic N) is 1. The fourth-order valence-corrected chi connectivity index (χ4v) is 1.93. The van der Waals surface area contributed by atoms with E-state index in [-0.39, 0.29) is 12.3 Å². The van der Waals surface area contributed by atoms with Gasteiger partial charge < -0.3 is 16.2 Å². The highest BCUT2D eigenvalue weighted by Gasteiger charge is 2.29. The van der Waals surface area contributed by atoms with Crippen LogP contribution in [0.1, 0.15) is 28.7 Å². The minimum atomic E-state index is -0.891. The molecule has 2 aromatic rings. The maximum Gasteiger partial charge on any atom is 0.274 e. The number of aromatic nitrogens is 2. The number of benzene rings is 1. The Morgan fingerprint density at radius 3 is 2.60 bits per heavy atom. The van der Waals surface area contributed by atoms with Crippen molar-refractivity contribution in [1.29, 1.82) is 0 Å². The molecule has 5 N–H and O–H groups in total. The van der Waals surface area contributed by atoms with Crippen molar-refractivity contribution in [3.63, 3.8) is 0 Å². The Morgan fingerprint density at radius 1 is 1.45 bits per heavy atom. The molecule has 0 spiro atoms. The standard InChI is InChI=1S/C14H18N4O2/c1-9-11(15)12(18-17-9)13(20)16-14(2,8-19)10-6-4-3-5-7-10/h3-7,19H,8,15H2,1-2H3,(H,16,20)(H,17,18). The van der Waals surface area contributed by atoms with Gasteiger partial charge in [0, 0.05) is 0 Å². The zero-order valence-corrected chi connectivity index (χ0v) is 11.5. The molecule has 2 rings (SSSR count). The normalized spacial score (nSPS) is 13.8. The van der Waals surface area contributed by atoms with E-state index in [4.69, 9.17) is 5.73 Å². The number of rotatable bonds is 4. The van der Waals surface area contributed by atoms with Gasteiger partial charge in [0.25, 0.3) is 5.91 Å². The summed E-state index contributed by atoms with van der Waals surface area (Å²) in [6, 6.07) is 9.26. The maximum atomic E-state index is 12.2. The fourth-order valence-electron chi connectivity index (χ4n) is 1.93. The van der Waals surface area contributed by atoms with Crippen LogP contribution in [0.15, 0.2) is 30.3 Å². The minimum Gasteiger partial charge on any atom is -0.395 e. The lowest BCUT2D eigenvalue weighted by Gasteiger charge is -2.29. The van der Waals surface area contributed by atoms with E-state index in [1.807, 2.05) is 30.3 Å². The van der Waals surface area contributed by atoms with Gasteiger partial charge >= 0.3 is 0 Å². The third-order valence-electron chi connectivity index (χ3n) is 3.33. The smallest absolute Gasteiger partial charge is 0.274 e. The first-order chi connectivity index (χ1) is 9.48. The molecular formula is C14H18N4O2. The maximum absolute atomic E-state index is 12.2. The Labute approximate surface area is 117 Å². The van der Waals surface area contributed by atoms with Gasteiger partial charge in [-0.2, -0.15) is 5.10 Å². The van der Waals surface area contributed by atoms with Gasteiger partial charge in [-0.15, -0.1) is 0 Å². The number of aliphatic hydroxyl groups is 1. The minimum absolute atomic E-state index is 0.137. The molecule has 1 aromatic heterocycles. The molecule has 1 atom stereocenters. The van der Waals surface area contributed by atoms with Crippen LogP contribution in [0.5, 0.6) is 0 Å². The fraction of sp³-hybridized carbons (Fsp3) is 0.286. The monoisotopic (exact) mass is 274 g/mol. The number of anilines is 1. The summed E-state index contributed by atoms with van der Waals surface area (Å²) >= 11 is 0. The molecule has 1 amide bonds. The molecule has 6 heteroatoms. The first kappa shape index (κ1) is 14.1. The highest BCUT2D eigenvalue weighted by atomic mass is 16.3. The summed E-state index contributed by atoms with van der Waals surface area (Å²) in [5.74, 6) is -0.424. The summed E-state index contributed by atoms with van der Waals surface area (Å²) in [5, 5.41) is 19.0. The lowest BCUT2D eigenvalue weighted by Crippen LogP contribution is -2.46. The topological polar surface area (TPSA) is 104 Å². The quantitative estimate of drug-likeness (QED) is 0.666. The van der Waals surface area contributed by atoms with E-state index in [1.54, 1.807) is 13.8 Å². The van der Waals surface area contributed by atoms with Crippen LogP contribution in [0, 0.1) is 6.92 Å². The second-order valence-corrected chi connectivity index (χ2v) is 4.92. The van der Waals surface area contributed by atoms with Crippen molar-refractivity contribution in [2.24, 2.45) is 0 Å². The first-order valence-electron chi connectivity index (χ1n) is 6.27. The third-order valence-corrected chi connectivity index (χ3v) is 3.33. The van der Waals surface area contributed by atoms with Gasteiger partial charge in [0.2, 0.25) is 0 Å². The Bertz CT molecular complexity index is 609. The number of aliphatic hydroxyl groups excluding tert-OH is 1. The van der Waals surface area contributed by atoms with Crippen molar-refractivity contribution >= 4 is 11.6 Å². The first-order valence-corrected chi connectivity index (χ1v) is 6.27. The molecule has 0 aliphatic carbocycles. The van der Waals surface area contributed by atoms with Crippen molar-refractivity contribution in [3.05, 3.63) is 47.3 Å². The Balaban J connectivity index is 2.27. The zero-order chi connectivity index (χ0) is 14.8. The van der Waals surface area contributed by atoms with E-state index in [9.17, 15) is 9.90 Å². The van der Waals surface area contributed by atoms with Gasteiger partial charge in [0.05, 0.1) is 23.5 Å². The average molecular weight is 274 g/mol. The molecular weight excluding hydrogens is 256 g/mol. The molecule has 106 valence electrons. The van der Waals surface area contributed by atoms with E-state index in [1.165, 1.54) is 0 Å². The van der Waals surface area contributed by atoms with Crippen molar-refractivity contribution in [3.8, 4) is 0 Å². The van der Waals surface area contributed by atoms with Crippen molar-refractivity contribution < 1.29 is 9.90 Å². The summed E-state index contributed by atoms with van der Waals surface area (Å²) in [6.45, 7) is 3.25. The number of hydrogen-bond donors (Lipinski definition) is 4. The van der Waals surface area contributed by atoms with Crippen molar-refractivity contribution in [2.45, 2.75) is 19.4 Å². The second-order valence-electron chi connectivity index (χ2n) is 4.92. The molecule has 0 fully saturated rings. The van der Waals surface area contributed by atoms with Crippen molar-refractivity contribution in [2.75, 3.05) is 12.3 Å². The van der Waals surface area contributed by atoms with Crippen molar-refractivity contribution in [1.82, 2.24) is 15.5 Å². The van der Waals surface area contributed by atoms with Gasteiger partial charge in [0.1, 0.15) is 0 Å². The number of hydrogen-bond acceptors (Lipinski definition) is 4. The number of nitrogens with two attached hydrogens (primary N) is 1. The summed E-state index contributed by atoms with van der Waals surface area (Å²) in [7, 11) is 0. The summed E-state index contributed by atoms with van der Waals surface area (Å²) in [5.41, 5.74) is 6.79. The number of nitrogens with one attached hydrogen (secondary N) is 2. The van der Waals surface area contributed by atoms with E-state index in [0.717, 1.165) is 5.56 Å². The molecule has 0 saturated heterocycles. The van der Waals surface area contributed by atoms with Crippen LogP contribution in [-0.4, -0.2) is 27.8 Å². The van der Waals surface area contributed by atoms with Gasteiger partial charge in [-0.1, -0.05) is 30.3 Å². The number of amides is 1. The van der Waals surface area contributed by atoms with E-state index >= 15 is 0 Å². The Hall–Kier alpha value is -2.34. The van der Waals surface area contributed by atoms with Crippen LogP contribution in [-0.2, 0) is 5.54 Å². The summed E-state index contributed by atoms with van der Waals surface area (Å²) in [4.78, 5) is 12.2. The molecule has 1 heterocycles. The van der Waals surface area contributed by atoms with E-state index < -0.39 is 11.4 Å². The van der Waals surface area contributed by atoms with Crippen LogP contribution in [0.4, 0.5) is 5.69 Å². The molecule has 20 heavy (non-hydrogen) atoms. The zero-order valence-electron chi connectivity index (χ0n) is 11.5. The number of aromatic amines is 1. The average Bonchev–Trinajstić information content (AvgIpc) is 2.80. The third kappa shape index (κ3) is 2.50. The number of H-pyrrole nitrogens is 1. The van der Waals surface area contributed by atoms with E-state index in [2.05, 4.69) is 15.5 Å². The van der Waals surface area contributed by atoms with Crippen LogP contribution < -0.4 is 11.1 Å². The van der Waals surface area contributed by atoms with Gasteiger partial charge in [-0.25, -0.2) is 0 Å². The number of carbonyl (C=O) groups excluding carboxylic acids is 1.